The van der Waals surface area contributed by atoms with Crippen molar-refractivity contribution in [1.82, 2.24) is 4.98 Å². The van der Waals surface area contributed by atoms with E-state index in [0.29, 0.717) is 0 Å². The number of hydrogen-bond acceptors (Lipinski definition) is 9. The van der Waals surface area contributed by atoms with Crippen molar-refractivity contribution in [3.8, 4) is 5.88 Å². The molecular formula is C13H14N4O8S2. The van der Waals surface area contributed by atoms with Crippen LogP contribution < -0.4 is 11.3 Å². The summed E-state index contributed by atoms with van der Waals surface area (Å²) in [5.74, 6) is -1.80. The number of aromatic nitrogens is 1. The molecule has 1 aromatic heterocycles. The van der Waals surface area contributed by atoms with Crippen LogP contribution in [0.15, 0.2) is 38.1 Å². The van der Waals surface area contributed by atoms with Crippen molar-refractivity contribution >= 4 is 37.3 Å². The predicted molar refractivity (Wildman–Crippen MR) is 93.6 cm³/mol. The smallest absolute Gasteiger partial charge is 0.296 e. The molecular weight excluding hydrogens is 404 g/mol. The third-order valence-electron chi connectivity index (χ3n) is 3.38. The van der Waals surface area contributed by atoms with Gasteiger partial charge < -0.3 is 10.8 Å². The van der Waals surface area contributed by atoms with E-state index in [-0.39, 0.29) is 22.6 Å². The minimum Gasteiger partial charge on any atom is -0.493 e. The highest BCUT2D eigenvalue weighted by atomic mass is 32.2. The SMILES string of the molecule is Cc1c(N=Nc2cc(N)ccc2S(=O)(=O)O)c(O)[nH]c(=O)c1CS(=O)(=O)O. The Bertz CT molecular complexity index is 1200. The van der Waals surface area contributed by atoms with Gasteiger partial charge in [0, 0.05) is 11.3 Å². The van der Waals surface area contributed by atoms with Crippen LogP contribution in [-0.2, 0) is 26.0 Å². The summed E-state index contributed by atoms with van der Waals surface area (Å²) in [7, 11) is -9.21. The van der Waals surface area contributed by atoms with E-state index in [1.165, 1.54) is 13.0 Å². The Hall–Kier alpha value is -2.81. The summed E-state index contributed by atoms with van der Waals surface area (Å²) in [6.07, 6.45) is 0. The van der Waals surface area contributed by atoms with Crippen LogP contribution in [-0.4, -0.2) is 36.0 Å². The van der Waals surface area contributed by atoms with E-state index in [1.807, 2.05) is 4.98 Å². The average molecular weight is 418 g/mol. The third kappa shape index (κ3) is 4.88. The molecule has 0 amide bonds. The summed E-state index contributed by atoms with van der Waals surface area (Å²) in [4.78, 5) is 13.1. The van der Waals surface area contributed by atoms with Crippen molar-refractivity contribution in [3.05, 3.63) is 39.7 Å². The first kappa shape index (κ1) is 20.5. The van der Waals surface area contributed by atoms with E-state index >= 15 is 0 Å². The molecule has 14 heteroatoms. The van der Waals surface area contributed by atoms with E-state index < -0.39 is 47.9 Å². The topological polar surface area (TPSA) is 213 Å². The summed E-state index contributed by atoms with van der Waals surface area (Å²) in [6.45, 7) is 1.24. The van der Waals surface area contributed by atoms with Crippen LogP contribution in [0.5, 0.6) is 5.88 Å². The lowest BCUT2D eigenvalue weighted by Gasteiger charge is -2.08. The fourth-order valence-electron chi connectivity index (χ4n) is 2.15. The lowest BCUT2D eigenvalue weighted by atomic mass is 10.1. The number of hydrogen-bond donors (Lipinski definition) is 5. The lowest BCUT2D eigenvalue weighted by Crippen LogP contribution is -2.18. The Morgan fingerprint density at radius 3 is 2.33 bits per heavy atom. The van der Waals surface area contributed by atoms with Gasteiger partial charge in [0.05, 0.1) is 0 Å². The van der Waals surface area contributed by atoms with Crippen LogP contribution in [0.25, 0.3) is 0 Å². The molecule has 0 atom stereocenters. The first-order valence-corrected chi connectivity index (χ1v) is 10.0. The molecule has 0 saturated heterocycles. The number of azo groups is 1. The number of H-pyrrole nitrogens is 1. The highest BCUT2D eigenvalue weighted by Crippen LogP contribution is 2.33. The molecule has 1 heterocycles. The minimum absolute atomic E-state index is 0.103. The Kier molecular flexibility index (Phi) is 5.37. The number of nitrogen functional groups attached to an aromatic ring is 1. The van der Waals surface area contributed by atoms with Gasteiger partial charge in [0.15, 0.2) is 0 Å². The Morgan fingerprint density at radius 2 is 1.78 bits per heavy atom. The van der Waals surface area contributed by atoms with Gasteiger partial charge in [-0.2, -0.15) is 16.8 Å². The van der Waals surface area contributed by atoms with Gasteiger partial charge in [-0.15, -0.1) is 10.2 Å². The largest absolute Gasteiger partial charge is 0.493 e. The monoisotopic (exact) mass is 418 g/mol. The number of nitrogens with zero attached hydrogens (tertiary/aromatic N) is 2. The van der Waals surface area contributed by atoms with Crippen molar-refractivity contribution in [2.45, 2.75) is 17.6 Å². The second-order valence-corrected chi connectivity index (χ2v) is 8.23. The lowest BCUT2D eigenvalue weighted by molar-refractivity contribution is 0.451. The van der Waals surface area contributed by atoms with Crippen LogP contribution >= 0.6 is 0 Å². The van der Waals surface area contributed by atoms with Crippen LogP contribution in [0.1, 0.15) is 11.1 Å². The van der Waals surface area contributed by atoms with Gasteiger partial charge in [0.25, 0.3) is 25.8 Å². The number of aromatic hydroxyl groups is 1. The molecule has 6 N–H and O–H groups in total. The van der Waals surface area contributed by atoms with Gasteiger partial charge in [-0.1, -0.05) is 0 Å². The summed E-state index contributed by atoms with van der Waals surface area (Å²) >= 11 is 0. The molecule has 27 heavy (non-hydrogen) atoms. The van der Waals surface area contributed by atoms with Gasteiger partial charge in [0.2, 0.25) is 5.88 Å². The molecule has 0 saturated carbocycles. The van der Waals surface area contributed by atoms with Crippen molar-refractivity contribution in [2.75, 3.05) is 5.73 Å². The molecule has 0 unspecified atom stereocenters. The minimum atomic E-state index is -4.66. The van der Waals surface area contributed by atoms with E-state index in [9.17, 15) is 31.3 Å². The molecule has 0 aliphatic rings. The van der Waals surface area contributed by atoms with Crippen LogP contribution in [0.4, 0.5) is 17.1 Å². The molecule has 0 spiro atoms. The van der Waals surface area contributed by atoms with E-state index in [2.05, 4.69) is 10.2 Å². The number of nitrogens with one attached hydrogen (secondary N) is 1. The number of benzene rings is 1. The predicted octanol–water partition coefficient (Wildman–Crippen LogP) is 1.02. The molecule has 2 rings (SSSR count). The summed E-state index contributed by atoms with van der Waals surface area (Å²) in [5.41, 5.74) is 3.43. The maximum Gasteiger partial charge on any atom is 0.296 e. The fourth-order valence-corrected chi connectivity index (χ4v) is 3.46. The van der Waals surface area contributed by atoms with Crippen molar-refractivity contribution in [1.29, 1.82) is 0 Å². The Morgan fingerprint density at radius 1 is 1.15 bits per heavy atom. The molecule has 0 bridgehead atoms. The van der Waals surface area contributed by atoms with Gasteiger partial charge in [-0.3, -0.25) is 18.9 Å². The molecule has 146 valence electrons. The van der Waals surface area contributed by atoms with Gasteiger partial charge in [-0.25, -0.2) is 0 Å². The Labute approximate surface area is 152 Å². The molecule has 0 aliphatic heterocycles. The number of anilines is 1. The normalized spacial score (nSPS) is 12.6. The number of pyridine rings is 1. The zero-order valence-corrected chi connectivity index (χ0v) is 15.2. The van der Waals surface area contributed by atoms with Gasteiger partial charge in [-0.05, 0) is 30.7 Å². The van der Waals surface area contributed by atoms with E-state index in [1.54, 1.807) is 0 Å². The molecule has 0 radical (unpaired) electrons. The standard InChI is InChI=1S/C13H14N4O8S2/c1-6-8(5-26(20,21)22)12(18)15-13(19)11(6)17-16-9-4-7(14)2-3-10(9)27(23,24)25/h2-4H,5,14H2,1H3,(H2,15,18,19)(H,20,21,22)(H,23,24,25). The van der Waals surface area contributed by atoms with E-state index in [4.69, 9.17) is 10.3 Å². The molecule has 1 aromatic carbocycles. The van der Waals surface area contributed by atoms with Crippen molar-refractivity contribution in [3.63, 3.8) is 0 Å². The highest BCUT2D eigenvalue weighted by Gasteiger charge is 2.20. The third-order valence-corrected chi connectivity index (χ3v) is 4.94. The molecule has 0 fully saturated rings. The van der Waals surface area contributed by atoms with Crippen LogP contribution in [0.2, 0.25) is 0 Å². The van der Waals surface area contributed by atoms with Crippen molar-refractivity contribution < 1.29 is 31.0 Å². The second-order valence-electron chi connectivity index (χ2n) is 5.38. The number of aromatic amines is 1. The number of rotatable bonds is 5. The zero-order chi connectivity index (χ0) is 20.6. The average Bonchev–Trinajstić information content (AvgIpc) is 2.49. The quantitative estimate of drug-likeness (QED) is 0.266. The van der Waals surface area contributed by atoms with Crippen molar-refractivity contribution in [2.24, 2.45) is 10.2 Å². The first-order valence-electron chi connectivity index (χ1n) is 6.98. The highest BCUT2D eigenvalue weighted by molar-refractivity contribution is 7.86. The Balaban J connectivity index is 2.64. The summed E-state index contributed by atoms with van der Waals surface area (Å²) in [6, 6.07) is 3.28. The fraction of sp³-hybridized carbons (Fsp3) is 0.154. The van der Waals surface area contributed by atoms with Gasteiger partial charge >= 0.3 is 0 Å². The maximum atomic E-state index is 11.8. The van der Waals surface area contributed by atoms with Gasteiger partial charge in [0.1, 0.15) is 22.0 Å². The maximum absolute atomic E-state index is 11.8. The van der Waals surface area contributed by atoms with Crippen LogP contribution in [0, 0.1) is 6.92 Å². The summed E-state index contributed by atoms with van der Waals surface area (Å²) in [5, 5.41) is 17.1. The molecule has 0 aliphatic carbocycles. The zero-order valence-electron chi connectivity index (χ0n) is 13.6. The van der Waals surface area contributed by atoms with Crippen LogP contribution in [0.3, 0.4) is 0 Å². The first-order chi connectivity index (χ1) is 12.3. The molecule has 12 nitrogen and oxygen atoms in total. The van der Waals surface area contributed by atoms with E-state index in [0.717, 1.165) is 12.1 Å². The summed E-state index contributed by atoms with van der Waals surface area (Å²) < 4.78 is 63.0. The number of nitrogens with two attached hydrogens (primary N) is 1. The second kappa shape index (κ2) is 7.07. The molecule has 2 aromatic rings.